The van der Waals surface area contributed by atoms with Crippen LogP contribution in [0.4, 0.5) is 13.2 Å². The summed E-state index contributed by atoms with van der Waals surface area (Å²) in [4.78, 5) is 0. The van der Waals surface area contributed by atoms with Crippen LogP contribution < -0.4 is 5.32 Å². The topological polar surface area (TPSA) is 21.3 Å². The largest absolute Gasteiger partial charge is 0.411 e. The van der Waals surface area contributed by atoms with Crippen LogP contribution in [-0.4, -0.2) is 25.9 Å². The Balaban J connectivity index is 2.70. The molecule has 0 aliphatic carbocycles. The zero-order valence-corrected chi connectivity index (χ0v) is 11.4. The van der Waals surface area contributed by atoms with Crippen LogP contribution in [0.5, 0.6) is 0 Å². The van der Waals surface area contributed by atoms with Gasteiger partial charge >= 0.3 is 6.18 Å². The zero-order chi connectivity index (χ0) is 14.5. The number of aryl methyl sites for hydroxylation is 1. The Bertz CT molecular complexity index is 375. The number of rotatable bonds is 6. The number of benzene rings is 1. The summed E-state index contributed by atoms with van der Waals surface area (Å²) >= 11 is 0. The molecule has 1 aromatic rings. The highest BCUT2D eigenvalue weighted by molar-refractivity contribution is 5.25. The van der Waals surface area contributed by atoms with Crippen molar-refractivity contribution in [1.29, 1.82) is 0 Å². The van der Waals surface area contributed by atoms with E-state index in [0.29, 0.717) is 0 Å². The van der Waals surface area contributed by atoms with Crippen molar-refractivity contribution in [2.45, 2.75) is 38.6 Å². The van der Waals surface area contributed by atoms with E-state index in [2.05, 4.69) is 12.2 Å². The van der Waals surface area contributed by atoms with Gasteiger partial charge in [0.05, 0.1) is 12.1 Å². The van der Waals surface area contributed by atoms with Crippen molar-refractivity contribution in [3.05, 3.63) is 35.4 Å². The van der Waals surface area contributed by atoms with Crippen molar-refractivity contribution in [2.24, 2.45) is 0 Å². The van der Waals surface area contributed by atoms with Crippen LogP contribution in [0.1, 0.15) is 31.0 Å². The van der Waals surface area contributed by atoms with Crippen molar-refractivity contribution in [3.8, 4) is 0 Å². The molecular formula is C14H20F3NO. The number of halogens is 3. The average molecular weight is 275 g/mol. The molecule has 0 aliphatic heterocycles. The highest BCUT2D eigenvalue weighted by atomic mass is 19.4. The van der Waals surface area contributed by atoms with Crippen molar-refractivity contribution >= 4 is 0 Å². The molecule has 0 aromatic heterocycles. The maximum absolute atomic E-state index is 12.1. The normalized spacial score (nSPS) is 15.3. The first-order chi connectivity index (χ1) is 8.87. The highest BCUT2D eigenvalue weighted by Crippen LogP contribution is 2.22. The quantitative estimate of drug-likeness (QED) is 0.858. The Morgan fingerprint density at radius 1 is 1.21 bits per heavy atom. The van der Waals surface area contributed by atoms with Crippen molar-refractivity contribution in [2.75, 3.05) is 13.7 Å². The summed E-state index contributed by atoms with van der Waals surface area (Å²) in [5.41, 5.74) is 2.12. The van der Waals surface area contributed by atoms with Gasteiger partial charge in [0.15, 0.2) is 0 Å². The molecule has 19 heavy (non-hydrogen) atoms. The average Bonchev–Trinajstić information content (AvgIpc) is 2.37. The van der Waals surface area contributed by atoms with Gasteiger partial charge in [-0.2, -0.15) is 13.2 Å². The molecule has 2 nitrogen and oxygen atoms in total. The van der Waals surface area contributed by atoms with Gasteiger partial charge in [-0.3, -0.25) is 0 Å². The molecular weight excluding hydrogens is 255 g/mol. The van der Waals surface area contributed by atoms with Crippen LogP contribution in [0.15, 0.2) is 24.3 Å². The number of likely N-dealkylation sites (N-methyl/N-ethyl adjacent to an activating group) is 1. The lowest BCUT2D eigenvalue weighted by atomic mass is 10.0. The molecule has 0 bridgehead atoms. The van der Waals surface area contributed by atoms with Crippen LogP contribution >= 0.6 is 0 Å². The van der Waals surface area contributed by atoms with Crippen LogP contribution in [0.3, 0.4) is 0 Å². The number of hydrogen-bond acceptors (Lipinski definition) is 2. The minimum Gasteiger partial charge on any atom is -0.367 e. The third-order valence-electron chi connectivity index (χ3n) is 3.04. The van der Waals surface area contributed by atoms with E-state index in [1.54, 1.807) is 14.0 Å². The molecule has 0 fully saturated rings. The SMILES string of the molecule is CCc1ccc(C(NC)C(C)OCC(F)(F)F)cc1. The monoisotopic (exact) mass is 275 g/mol. The highest BCUT2D eigenvalue weighted by Gasteiger charge is 2.30. The van der Waals surface area contributed by atoms with Crippen LogP contribution in [0.25, 0.3) is 0 Å². The fourth-order valence-electron chi connectivity index (χ4n) is 1.96. The Morgan fingerprint density at radius 3 is 2.21 bits per heavy atom. The molecule has 108 valence electrons. The smallest absolute Gasteiger partial charge is 0.367 e. The molecule has 1 N–H and O–H groups in total. The predicted molar refractivity (Wildman–Crippen MR) is 69.1 cm³/mol. The number of hydrogen-bond donors (Lipinski definition) is 1. The lowest BCUT2D eigenvalue weighted by Gasteiger charge is -2.25. The summed E-state index contributed by atoms with van der Waals surface area (Å²) in [6, 6.07) is 7.56. The maximum atomic E-state index is 12.1. The molecule has 2 unspecified atom stereocenters. The maximum Gasteiger partial charge on any atom is 0.411 e. The van der Waals surface area contributed by atoms with Crippen LogP contribution in [0, 0.1) is 0 Å². The van der Waals surface area contributed by atoms with Gasteiger partial charge in [-0.05, 0) is 31.5 Å². The third-order valence-corrected chi connectivity index (χ3v) is 3.04. The van der Waals surface area contributed by atoms with Crippen molar-refractivity contribution < 1.29 is 17.9 Å². The second-order valence-electron chi connectivity index (χ2n) is 4.49. The molecule has 0 spiro atoms. The lowest BCUT2D eigenvalue weighted by Crippen LogP contribution is -2.32. The summed E-state index contributed by atoms with van der Waals surface area (Å²) < 4.78 is 41.3. The molecule has 2 atom stereocenters. The van der Waals surface area contributed by atoms with E-state index < -0.39 is 18.9 Å². The second-order valence-corrected chi connectivity index (χ2v) is 4.49. The van der Waals surface area contributed by atoms with E-state index >= 15 is 0 Å². The number of ether oxygens (including phenoxy) is 1. The lowest BCUT2D eigenvalue weighted by molar-refractivity contribution is -0.186. The van der Waals surface area contributed by atoms with Gasteiger partial charge in [0.1, 0.15) is 6.61 Å². The molecule has 1 aromatic carbocycles. The number of alkyl halides is 3. The first-order valence-corrected chi connectivity index (χ1v) is 6.31. The van der Waals surface area contributed by atoms with Crippen molar-refractivity contribution in [1.82, 2.24) is 5.32 Å². The van der Waals surface area contributed by atoms with Gasteiger partial charge in [-0.15, -0.1) is 0 Å². The summed E-state index contributed by atoms with van der Waals surface area (Å²) in [6.45, 7) is 2.47. The van der Waals surface area contributed by atoms with Crippen LogP contribution in [0.2, 0.25) is 0 Å². The van der Waals surface area contributed by atoms with Crippen molar-refractivity contribution in [3.63, 3.8) is 0 Å². The molecule has 0 saturated heterocycles. The van der Waals surface area contributed by atoms with Crippen LogP contribution in [-0.2, 0) is 11.2 Å². The standard InChI is InChI=1S/C14H20F3NO/c1-4-11-5-7-12(8-6-11)13(18-3)10(2)19-9-14(15,16)17/h5-8,10,13,18H,4,9H2,1-3H3. The second kappa shape index (κ2) is 6.91. The Labute approximate surface area is 112 Å². The summed E-state index contributed by atoms with van der Waals surface area (Å²) in [6.07, 6.45) is -3.91. The fourth-order valence-corrected chi connectivity index (χ4v) is 1.96. The molecule has 0 amide bonds. The van der Waals surface area contributed by atoms with E-state index in [4.69, 9.17) is 4.74 Å². The van der Waals surface area contributed by atoms with Gasteiger partial charge in [-0.25, -0.2) is 0 Å². The van der Waals surface area contributed by atoms with Gasteiger partial charge in [0.25, 0.3) is 0 Å². The predicted octanol–water partition coefficient (Wildman–Crippen LogP) is 3.48. The summed E-state index contributed by atoms with van der Waals surface area (Å²) in [5.74, 6) is 0. The molecule has 5 heteroatoms. The molecule has 1 rings (SSSR count). The molecule has 0 radical (unpaired) electrons. The Morgan fingerprint density at radius 2 is 1.79 bits per heavy atom. The van der Waals surface area contributed by atoms with E-state index in [9.17, 15) is 13.2 Å². The van der Waals surface area contributed by atoms with E-state index in [-0.39, 0.29) is 6.04 Å². The van der Waals surface area contributed by atoms with E-state index in [1.165, 1.54) is 5.56 Å². The Hall–Kier alpha value is -1.07. The summed E-state index contributed by atoms with van der Waals surface area (Å²) in [5, 5.41) is 3.00. The van der Waals surface area contributed by atoms with E-state index in [0.717, 1.165) is 12.0 Å². The van der Waals surface area contributed by atoms with Gasteiger partial charge < -0.3 is 10.1 Å². The van der Waals surface area contributed by atoms with Gasteiger partial charge in [-0.1, -0.05) is 31.2 Å². The van der Waals surface area contributed by atoms with Gasteiger partial charge in [0.2, 0.25) is 0 Å². The molecule has 0 aliphatic rings. The minimum atomic E-state index is -4.29. The number of nitrogens with one attached hydrogen (secondary N) is 1. The zero-order valence-electron chi connectivity index (χ0n) is 11.4. The molecule has 0 saturated carbocycles. The Kier molecular flexibility index (Phi) is 5.82. The molecule has 0 heterocycles. The first-order valence-electron chi connectivity index (χ1n) is 6.31. The fraction of sp³-hybridized carbons (Fsp3) is 0.571. The minimum absolute atomic E-state index is 0.256. The summed E-state index contributed by atoms with van der Waals surface area (Å²) in [7, 11) is 1.71. The first kappa shape index (κ1) is 16.0. The third kappa shape index (κ3) is 5.20. The van der Waals surface area contributed by atoms with Gasteiger partial charge in [0, 0.05) is 0 Å². The van der Waals surface area contributed by atoms with E-state index in [1.807, 2.05) is 24.3 Å².